The first-order valence-electron chi connectivity index (χ1n) is 11.0. The second-order valence-electron chi connectivity index (χ2n) is 8.54. The van der Waals surface area contributed by atoms with Crippen molar-refractivity contribution in [2.45, 2.75) is 25.7 Å². The van der Waals surface area contributed by atoms with Crippen molar-refractivity contribution in [2.24, 2.45) is 4.99 Å². The fourth-order valence-corrected chi connectivity index (χ4v) is 4.62. The topological polar surface area (TPSA) is 39.3 Å². The molecule has 0 N–H and O–H groups in total. The van der Waals surface area contributed by atoms with Crippen LogP contribution in [0.5, 0.6) is 0 Å². The Hall–Kier alpha value is -3.57. The molecule has 0 spiro atoms. The molecule has 0 saturated carbocycles. The summed E-state index contributed by atoms with van der Waals surface area (Å²) in [5, 5.41) is 13.0. The lowest BCUT2D eigenvalue weighted by atomic mass is 9.88. The minimum Gasteiger partial charge on any atom is -0.618 e. The number of rotatable bonds is 5. The molecule has 0 bridgehead atoms. The maximum Gasteiger partial charge on any atom is 0.201 e. The fraction of sp³-hybridized carbons (Fsp3) is 0.143. The highest BCUT2D eigenvalue weighted by Gasteiger charge is 2.30. The first-order chi connectivity index (χ1) is 16.4. The van der Waals surface area contributed by atoms with E-state index in [1.54, 1.807) is 12.1 Å². The van der Waals surface area contributed by atoms with Crippen LogP contribution in [0.2, 0.25) is 5.02 Å². The Morgan fingerprint density at radius 3 is 2.59 bits per heavy atom. The first kappa shape index (κ1) is 22.2. The number of hydrogen-bond donors (Lipinski definition) is 0. The van der Waals surface area contributed by atoms with Crippen LogP contribution in [0.4, 0.5) is 14.5 Å². The molecule has 0 unspecified atom stereocenters. The van der Waals surface area contributed by atoms with Crippen molar-refractivity contribution in [3.8, 4) is 11.1 Å². The van der Waals surface area contributed by atoms with Crippen molar-refractivity contribution in [1.82, 2.24) is 0 Å². The van der Waals surface area contributed by atoms with Gasteiger partial charge in [-0.3, -0.25) is 4.99 Å². The predicted molar refractivity (Wildman–Crippen MR) is 131 cm³/mol. The Kier molecular flexibility index (Phi) is 5.88. The third kappa shape index (κ3) is 4.19. The summed E-state index contributed by atoms with van der Waals surface area (Å²) in [7, 11) is 0. The molecule has 3 aromatic carbocycles. The van der Waals surface area contributed by atoms with Gasteiger partial charge >= 0.3 is 0 Å². The van der Waals surface area contributed by atoms with E-state index in [9.17, 15) is 14.0 Å². The van der Waals surface area contributed by atoms with Gasteiger partial charge in [-0.25, -0.2) is 8.78 Å². The molecule has 1 aliphatic rings. The smallest absolute Gasteiger partial charge is 0.201 e. The van der Waals surface area contributed by atoms with Crippen molar-refractivity contribution in [1.29, 1.82) is 0 Å². The van der Waals surface area contributed by atoms with Crippen LogP contribution in [0.25, 0.3) is 11.1 Å². The molecule has 1 atom stereocenters. The monoisotopic (exact) mass is 474 g/mol. The standard InChI is InChI=1S/C28H21ClF2N2O/c1-17-7-8-19-15-25(32-24(19)13-17)21(14-18-5-3-2-4-6-18)26-12-9-20(16-33(26)34)27-23(30)11-10-22(29)28(27)31/h2-13,16,21H,14-15H2,1H3/t21-/m0/s1. The third-order valence-electron chi connectivity index (χ3n) is 6.20. The normalized spacial score (nSPS) is 13.5. The van der Waals surface area contributed by atoms with Gasteiger partial charge in [0.25, 0.3) is 0 Å². The van der Waals surface area contributed by atoms with Crippen molar-refractivity contribution >= 4 is 23.0 Å². The summed E-state index contributed by atoms with van der Waals surface area (Å²) in [5.41, 5.74) is 5.41. The van der Waals surface area contributed by atoms with Crippen molar-refractivity contribution in [3.63, 3.8) is 0 Å². The number of hydrogen-bond acceptors (Lipinski definition) is 2. The largest absolute Gasteiger partial charge is 0.618 e. The van der Waals surface area contributed by atoms with Crippen molar-refractivity contribution in [2.75, 3.05) is 0 Å². The molecule has 0 fully saturated rings. The lowest BCUT2D eigenvalue weighted by Gasteiger charge is -2.18. The van der Waals surface area contributed by atoms with E-state index in [2.05, 4.69) is 12.1 Å². The van der Waals surface area contributed by atoms with Crippen molar-refractivity contribution in [3.05, 3.63) is 123 Å². The summed E-state index contributed by atoms with van der Waals surface area (Å²) in [6.07, 6.45) is 2.43. The van der Waals surface area contributed by atoms with E-state index in [4.69, 9.17) is 16.6 Å². The number of aliphatic imine (C=N–C) groups is 1. The summed E-state index contributed by atoms with van der Waals surface area (Å²) in [4.78, 5) is 4.87. The quantitative estimate of drug-likeness (QED) is 0.176. The number of fused-ring (bicyclic) bond motifs is 1. The molecular formula is C28H21ClF2N2O. The zero-order valence-electron chi connectivity index (χ0n) is 18.4. The molecule has 5 rings (SSSR count). The van der Waals surface area contributed by atoms with E-state index in [1.807, 2.05) is 43.3 Å². The van der Waals surface area contributed by atoms with Gasteiger partial charge in [0.15, 0.2) is 12.0 Å². The van der Waals surface area contributed by atoms with Gasteiger partial charge in [0.1, 0.15) is 5.82 Å². The summed E-state index contributed by atoms with van der Waals surface area (Å²) in [6, 6.07) is 21.5. The molecule has 6 heteroatoms. The van der Waals surface area contributed by atoms with E-state index in [1.165, 1.54) is 6.20 Å². The molecule has 0 radical (unpaired) electrons. The highest BCUT2D eigenvalue weighted by Crippen LogP contribution is 2.35. The van der Waals surface area contributed by atoms with Gasteiger partial charge in [-0.05, 0) is 54.3 Å². The number of halogens is 3. The molecular weight excluding hydrogens is 454 g/mol. The van der Waals surface area contributed by atoms with Gasteiger partial charge in [0, 0.05) is 18.2 Å². The molecule has 0 amide bonds. The van der Waals surface area contributed by atoms with E-state index < -0.39 is 11.6 Å². The summed E-state index contributed by atoms with van der Waals surface area (Å²) < 4.78 is 29.6. The number of aryl methyl sites for hydroxylation is 1. The van der Waals surface area contributed by atoms with Crippen LogP contribution in [0, 0.1) is 23.8 Å². The van der Waals surface area contributed by atoms with E-state index >= 15 is 0 Å². The van der Waals surface area contributed by atoms with E-state index in [-0.39, 0.29) is 22.1 Å². The average Bonchev–Trinajstić information content (AvgIpc) is 3.24. The molecule has 34 heavy (non-hydrogen) atoms. The highest BCUT2D eigenvalue weighted by molar-refractivity contribution is 6.31. The number of nitrogens with zero attached hydrogens (tertiary/aromatic N) is 2. The Morgan fingerprint density at radius 2 is 1.82 bits per heavy atom. The summed E-state index contributed by atoms with van der Waals surface area (Å²) >= 11 is 5.85. The Bertz CT molecular complexity index is 1420. The zero-order valence-corrected chi connectivity index (χ0v) is 19.2. The molecule has 0 aliphatic carbocycles. The summed E-state index contributed by atoms with van der Waals surface area (Å²) in [5.74, 6) is -1.96. The minimum absolute atomic E-state index is 0.127. The van der Waals surface area contributed by atoms with Gasteiger partial charge < -0.3 is 5.21 Å². The van der Waals surface area contributed by atoms with Crippen LogP contribution in [0.3, 0.4) is 0 Å². The SMILES string of the molecule is Cc1ccc2c(c1)N=C([C@H](Cc1ccccc1)c1ccc(-c3c(F)ccc(Cl)c3F)c[n+]1[O-])C2. The van der Waals surface area contributed by atoms with Crippen LogP contribution in [0.1, 0.15) is 28.3 Å². The van der Waals surface area contributed by atoms with Gasteiger partial charge in [0.05, 0.1) is 27.8 Å². The van der Waals surface area contributed by atoms with Crippen LogP contribution >= 0.6 is 11.6 Å². The number of pyridine rings is 1. The molecule has 0 saturated heterocycles. The first-order valence-corrected chi connectivity index (χ1v) is 11.4. The van der Waals surface area contributed by atoms with Gasteiger partial charge in [0.2, 0.25) is 5.69 Å². The van der Waals surface area contributed by atoms with Crippen molar-refractivity contribution < 1.29 is 13.5 Å². The van der Waals surface area contributed by atoms with E-state index in [0.29, 0.717) is 23.3 Å². The molecule has 3 nitrogen and oxygen atoms in total. The van der Waals surface area contributed by atoms with E-state index in [0.717, 1.165) is 40.2 Å². The lowest BCUT2D eigenvalue weighted by molar-refractivity contribution is -0.614. The predicted octanol–water partition coefficient (Wildman–Crippen LogP) is 6.88. The summed E-state index contributed by atoms with van der Waals surface area (Å²) in [6.45, 7) is 2.02. The van der Waals surface area contributed by atoms with Crippen LogP contribution < -0.4 is 4.73 Å². The van der Waals surface area contributed by atoms with Gasteiger partial charge in [-0.2, -0.15) is 4.73 Å². The van der Waals surface area contributed by atoms with Crippen LogP contribution in [-0.4, -0.2) is 5.71 Å². The maximum atomic E-state index is 14.6. The second kappa shape index (κ2) is 8.99. The van der Waals surface area contributed by atoms with Crippen LogP contribution in [0.15, 0.2) is 84.0 Å². The Morgan fingerprint density at radius 1 is 1.03 bits per heavy atom. The molecule has 4 aromatic rings. The maximum absolute atomic E-state index is 14.6. The molecule has 1 aliphatic heterocycles. The Labute approximate surface area is 201 Å². The highest BCUT2D eigenvalue weighted by atomic mass is 35.5. The third-order valence-corrected chi connectivity index (χ3v) is 6.49. The van der Waals surface area contributed by atoms with Gasteiger partial charge in [-0.15, -0.1) is 0 Å². The fourth-order valence-electron chi connectivity index (χ4n) is 4.46. The number of benzene rings is 3. The lowest BCUT2D eigenvalue weighted by Crippen LogP contribution is -2.36. The molecule has 2 heterocycles. The Balaban J connectivity index is 1.57. The zero-order chi connectivity index (χ0) is 23.8. The van der Waals surface area contributed by atoms with Crippen LogP contribution in [-0.2, 0) is 12.8 Å². The molecule has 170 valence electrons. The van der Waals surface area contributed by atoms with Gasteiger partial charge in [-0.1, -0.05) is 54.1 Å². The number of aromatic nitrogens is 1. The molecule has 1 aromatic heterocycles. The average molecular weight is 475 g/mol. The minimum atomic E-state index is -0.888. The second-order valence-corrected chi connectivity index (χ2v) is 8.95.